The van der Waals surface area contributed by atoms with E-state index in [4.69, 9.17) is 0 Å². The molecule has 1 saturated heterocycles. The van der Waals surface area contributed by atoms with Gasteiger partial charge in [-0.15, -0.1) is 0 Å². The molecule has 0 aromatic carbocycles. The number of rotatable bonds is 1. The van der Waals surface area contributed by atoms with Crippen LogP contribution in [-0.2, 0) is 4.79 Å². The third-order valence-electron chi connectivity index (χ3n) is 3.02. The molecule has 78 valence electrons. The number of hydrogen-bond acceptors (Lipinski definition) is 2. The van der Waals surface area contributed by atoms with Crippen molar-refractivity contribution in [1.29, 1.82) is 0 Å². The van der Waals surface area contributed by atoms with Gasteiger partial charge in [0.1, 0.15) is 0 Å². The maximum Gasteiger partial charge on any atom is 0.227 e. The van der Waals surface area contributed by atoms with Gasteiger partial charge in [-0.2, -0.15) is 0 Å². The van der Waals surface area contributed by atoms with E-state index in [1.807, 2.05) is 4.90 Å². The molecule has 1 N–H and O–H groups in total. The first kappa shape index (κ1) is 9.71. The number of hydrogen-bond donors (Lipinski definition) is 1. The normalized spacial score (nSPS) is 27.7. The molecule has 3 heteroatoms. The molecule has 1 atom stereocenters. The summed E-state index contributed by atoms with van der Waals surface area (Å²) < 4.78 is 0. The number of carbonyl (C=O) groups excluding carboxylic acids is 1. The quantitative estimate of drug-likeness (QED) is 0.625. The Bertz CT molecular complexity index is 231. The average molecular weight is 194 g/mol. The summed E-state index contributed by atoms with van der Waals surface area (Å²) in [5.74, 6) is 0.580. The van der Waals surface area contributed by atoms with Gasteiger partial charge in [0.15, 0.2) is 0 Å². The van der Waals surface area contributed by atoms with Crippen LogP contribution in [0, 0.1) is 5.92 Å². The zero-order valence-electron chi connectivity index (χ0n) is 8.54. The van der Waals surface area contributed by atoms with E-state index in [0.717, 1.165) is 45.4 Å². The highest BCUT2D eigenvalue weighted by molar-refractivity contribution is 5.79. The first-order valence-electron chi connectivity index (χ1n) is 5.52. The number of nitrogens with one attached hydrogen (secondary N) is 1. The summed E-state index contributed by atoms with van der Waals surface area (Å²) in [5, 5.41) is 3.29. The Kier molecular flexibility index (Phi) is 3.19. The Labute approximate surface area is 85.2 Å². The molecule has 0 spiro atoms. The van der Waals surface area contributed by atoms with E-state index < -0.39 is 0 Å². The topological polar surface area (TPSA) is 32.3 Å². The Hall–Kier alpha value is -0.830. The van der Waals surface area contributed by atoms with Crippen molar-refractivity contribution < 1.29 is 4.79 Å². The molecule has 0 radical (unpaired) electrons. The highest BCUT2D eigenvalue weighted by Gasteiger charge is 2.25. The fourth-order valence-electron chi connectivity index (χ4n) is 2.16. The molecule has 2 heterocycles. The summed E-state index contributed by atoms with van der Waals surface area (Å²) in [5.41, 5.74) is 0. The van der Waals surface area contributed by atoms with Crippen LogP contribution in [0.3, 0.4) is 0 Å². The van der Waals surface area contributed by atoms with E-state index in [0.29, 0.717) is 5.91 Å². The van der Waals surface area contributed by atoms with Crippen LogP contribution in [0.2, 0.25) is 0 Å². The van der Waals surface area contributed by atoms with Crippen molar-refractivity contribution in [3.8, 4) is 0 Å². The first-order chi connectivity index (χ1) is 6.88. The Balaban J connectivity index is 1.89. The Morgan fingerprint density at radius 3 is 3.00 bits per heavy atom. The van der Waals surface area contributed by atoms with Crippen molar-refractivity contribution in [3.05, 3.63) is 12.2 Å². The lowest BCUT2D eigenvalue weighted by molar-refractivity contribution is -0.135. The monoisotopic (exact) mass is 194 g/mol. The van der Waals surface area contributed by atoms with E-state index in [9.17, 15) is 4.79 Å². The highest BCUT2D eigenvalue weighted by Crippen LogP contribution is 2.15. The van der Waals surface area contributed by atoms with Crippen molar-refractivity contribution in [1.82, 2.24) is 10.2 Å². The third kappa shape index (κ3) is 2.15. The van der Waals surface area contributed by atoms with E-state index in [1.165, 1.54) is 0 Å². The van der Waals surface area contributed by atoms with Crippen LogP contribution in [0.15, 0.2) is 12.2 Å². The summed E-state index contributed by atoms with van der Waals surface area (Å²) in [6, 6.07) is 0. The molecule has 0 aliphatic carbocycles. The minimum Gasteiger partial charge on any atom is -0.338 e. The fourth-order valence-corrected chi connectivity index (χ4v) is 2.16. The lowest BCUT2D eigenvalue weighted by Crippen LogP contribution is -2.44. The predicted molar refractivity (Wildman–Crippen MR) is 55.9 cm³/mol. The summed E-state index contributed by atoms with van der Waals surface area (Å²) in [6.45, 7) is 3.67. The molecule has 2 aliphatic rings. The van der Waals surface area contributed by atoms with Gasteiger partial charge in [0.25, 0.3) is 0 Å². The second-order valence-electron chi connectivity index (χ2n) is 4.09. The summed E-state index contributed by atoms with van der Waals surface area (Å²) in [7, 11) is 0. The van der Waals surface area contributed by atoms with E-state index >= 15 is 0 Å². The van der Waals surface area contributed by atoms with Gasteiger partial charge < -0.3 is 10.2 Å². The summed E-state index contributed by atoms with van der Waals surface area (Å²) >= 11 is 0. The van der Waals surface area contributed by atoms with Gasteiger partial charge >= 0.3 is 0 Å². The number of carbonyl (C=O) groups is 1. The summed E-state index contributed by atoms with van der Waals surface area (Å²) in [4.78, 5) is 14.0. The van der Waals surface area contributed by atoms with Crippen LogP contribution in [0.1, 0.15) is 19.3 Å². The van der Waals surface area contributed by atoms with E-state index in [1.54, 1.807) is 0 Å². The lowest BCUT2D eigenvalue weighted by Gasteiger charge is -2.30. The third-order valence-corrected chi connectivity index (χ3v) is 3.02. The maximum absolute atomic E-state index is 12.0. The first-order valence-corrected chi connectivity index (χ1v) is 5.52. The minimum absolute atomic E-state index is 0.232. The molecule has 14 heavy (non-hydrogen) atoms. The number of nitrogens with zero attached hydrogens (tertiary/aromatic N) is 1. The van der Waals surface area contributed by atoms with Crippen LogP contribution in [0.25, 0.3) is 0 Å². The molecule has 0 bridgehead atoms. The van der Waals surface area contributed by atoms with Crippen molar-refractivity contribution in [2.24, 2.45) is 5.92 Å². The van der Waals surface area contributed by atoms with Crippen LogP contribution in [0.4, 0.5) is 0 Å². The molecule has 0 saturated carbocycles. The Morgan fingerprint density at radius 2 is 2.36 bits per heavy atom. The lowest BCUT2D eigenvalue weighted by atomic mass is 9.97. The van der Waals surface area contributed by atoms with Gasteiger partial charge in [0, 0.05) is 19.6 Å². The van der Waals surface area contributed by atoms with Gasteiger partial charge in [-0.05, 0) is 25.8 Å². The van der Waals surface area contributed by atoms with Gasteiger partial charge in [0.2, 0.25) is 5.91 Å². The second-order valence-corrected chi connectivity index (χ2v) is 4.09. The van der Waals surface area contributed by atoms with E-state index in [2.05, 4.69) is 17.5 Å². The number of piperidine rings is 1. The maximum atomic E-state index is 12.0. The van der Waals surface area contributed by atoms with Gasteiger partial charge in [-0.1, -0.05) is 12.2 Å². The second kappa shape index (κ2) is 4.60. The molecule has 3 nitrogen and oxygen atoms in total. The zero-order chi connectivity index (χ0) is 9.80. The van der Waals surface area contributed by atoms with Crippen molar-refractivity contribution in [2.45, 2.75) is 19.3 Å². The zero-order valence-corrected chi connectivity index (χ0v) is 8.54. The van der Waals surface area contributed by atoms with Crippen LogP contribution in [-0.4, -0.2) is 37.0 Å². The van der Waals surface area contributed by atoms with Crippen LogP contribution in [0.5, 0.6) is 0 Å². The number of amides is 1. The highest BCUT2D eigenvalue weighted by atomic mass is 16.2. The molecule has 2 rings (SSSR count). The molecule has 1 fully saturated rings. The van der Waals surface area contributed by atoms with Crippen molar-refractivity contribution in [3.63, 3.8) is 0 Å². The largest absolute Gasteiger partial charge is 0.338 e. The van der Waals surface area contributed by atoms with Crippen LogP contribution >= 0.6 is 0 Å². The van der Waals surface area contributed by atoms with Crippen molar-refractivity contribution >= 4 is 5.91 Å². The predicted octanol–water partition coefficient (Wildman–Crippen LogP) is 0.774. The molecule has 0 aromatic rings. The van der Waals surface area contributed by atoms with E-state index in [-0.39, 0.29) is 5.92 Å². The van der Waals surface area contributed by atoms with Crippen LogP contribution < -0.4 is 5.32 Å². The molecule has 0 aromatic heterocycles. The Morgan fingerprint density at radius 1 is 1.43 bits per heavy atom. The molecule has 1 amide bonds. The minimum atomic E-state index is 0.232. The fraction of sp³-hybridized carbons (Fsp3) is 0.727. The standard InChI is InChI=1S/C11H18N2O/c14-11(10-5-4-6-12-9-10)13-7-2-1-3-8-13/h1-2,10,12H,3-9H2/t10-/m0/s1. The molecule has 0 unspecified atom stereocenters. The SMILES string of the molecule is O=C([C@H]1CCCNC1)N1CC=CCC1. The molecular weight excluding hydrogens is 176 g/mol. The van der Waals surface area contributed by atoms with Gasteiger partial charge in [0.05, 0.1) is 5.92 Å². The van der Waals surface area contributed by atoms with Gasteiger partial charge in [-0.25, -0.2) is 0 Å². The average Bonchev–Trinajstić information content (AvgIpc) is 2.30. The van der Waals surface area contributed by atoms with Gasteiger partial charge in [-0.3, -0.25) is 4.79 Å². The molecule has 2 aliphatic heterocycles. The summed E-state index contributed by atoms with van der Waals surface area (Å²) in [6.07, 6.45) is 7.47. The molecular formula is C11H18N2O. The van der Waals surface area contributed by atoms with Crippen molar-refractivity contribution in [2.75, 3.05) is 26.2 Å². The smallest absolute Gasteiger partial charge is 0.227 e.